The summed E-state index contributed by atoms with van der Waals surface area (Å²) >= 11 is 3.66. The van der Waals surface area contributed by atoms with Crippen molar-refractivity contribution in [1.29, 1.82) is 0 Å². The summed E-state index contributed by atoms with van der Waals surface area (Å²) in [6.45, 7) is -0.240. The lowest BCUT2D eigenvalue weighted by Crippen LogP contribution is -2.45. The van der Waals surface area contributed by atoms with E-state index in [1.54, 1.807) is 14.2 Å². The van der Waals surface area contributed by atoms with E-state index < -0.39 is 5.60 Å². The van der Waals surface area contributed by atoms with Gasteiger partial charge in [0.15, 0.2) is 0 Å². The van der Waals surface area contributed by atoms with Crippen LogP contribution in [0.15, 0.2) is 12.1 Å². The van der Waals surface area contributed by atoms with E-state index in [-0.39, 0.29) is 10.7 Å². The zero-order valence-electron chi connectivity index (χ0n) is 12.2. The van der Waals surface area contributed by atoms with Crippen molar-refractivity contribution in [3.8, 4) is 11.5 Å². The van der Waals surface area contributed by atoms with Crippen molar-refractivity contribution in [3.05, 3.63) is 23.3 Å². The lowest BCUT2D eigenvalue weighted by molar-refractivity contribution is -0.0284. The molecule has 0 saturated carbocycles. The van der Waals surface area contributed by atoms with Crippen LogP contribution in [-0.4, -0.2) is 48.1 Å². The molecule has 3 rings (SSSR count). The molecule has 1 aromatic carbocycles. The van der Waals surface area contributed by atoms with Crippen molar-refractivity contribution in [1.82, 2.24) is 0 Å². The Balaban J connectivity index is 2.23. The van der Waals surface area contributed by atoms with Crippen LogP contribution in [0.25, 0.3) is 0 Å². The summed E-state index contributed by atoms with van der Waals surface area (Å²) in [4.78, 5) is 0. The molecule has 6 heteroatoms. The maximum atomic E-state index is 10.8. The van der Waals surface area contributed by atoms with Gasteiger partial charge in [-0.25, -0.2) is 0 Å². The Kier molecular flexibility index (Phi) is 4.07. The van der Waals surface area contributed by atoms with E-state index in [4.69, 9.17) is 9.47 Å². The second-order valence-electron chi connectivity index (χ2n) is 5.51. The van der Waals surface area contributed by atoms with Gasteiger partial charge in [-0.3, -0.25) is 0 Å². The van der Waals surface area contributed by atoms with Crippen molar-refractivity contribution in [3.63, 3.8) is 0 Å². The fraction of sp³-hybridized carbons (Fsp3) is 0.600. The first-order valence-electron chi connectivity index (χ1n) is 6.93. The van der Waals surface area contributed by atoms with E-state index in [1.807, 2.05) is 35.7 Å². The van der Waals surface area contributed by atoms with Crippen LogP contribution in [0, 0.1) is 0 Å². The Morgan fingerprint density at radius 2 is 1.76 bits per heavy atom. The highest BCUT2D eigenvalue weighted by molar-refractivity contribution is 8.20. The molecule has 0 amide bonds. The average Bonchev–Trinajstić information content (AvgIpc) is 2.94. The molecule has 1 aliphatic heterocycles. The first-order valence-corrected chi connectivity index (χ1v) is 8.90. The van der Waals surface area contributed by atoms with Gasteiger partial charge in [0.2, 0.25) is 0 Å². The maximum Gasteiger partial charge on any atom is 0.124 e. The molecule has 21 heavy (non-hydrogen) atoms. The predicted molar refractivity (Wildman–Crippen MR) is 86.5 cm³/mol. The van der Waals surface area contributed by atoms with E-state index in [2.05, 4.69) is 0 Å². The number of methoxy groups -OCH3 is 2. The number of rotatable bonds is 3. The van der Waals surface area contributed by atoms with Gasteiger partial charge in [0.05, 0.1) is 30.5 Å². The van der Waals surface area contributed by atoms with Crippen LogP contribution in [0.1, 0.15) is 17.5 Å². The van der Waals surface area contributed by atoms with Crippen LogP contribution in [0.4, 0.5) is 0 Å². The van der Waals surface area contributed by atoms with E-state index in [9.17, 15) is 10.2 Å². The first-order chi connectivity index (χ1) is 10.1. The van der Waals surface area contributed by atoms with Crippen LogP contribution < -0.4 is 9.47 Å². The maximum absolute atomic E-state index is 10.8. The quantitative estimate of drug-likeness (QED) is 0.885. The minimum absolute atomic E-state index is 0.240. The van der Waals surface area contributed by atoms with Gasteiger partial charge in [0.25, 0.3) is 0 Å². The molecule has 1 atom stereocenters. The highest BCUT2D eigenvalue weighted by Crippen LogP contribution is 2.62. The Labute approximate surface area is 133 Å². The lowest BCUT2D eigenvalue weighted by atomic mass is 9.79. The van der Waals surface area contributed by atoms with Crippen LogP contribution in [0.3, 0.4) is 0 Å². The molecular formula is C15H20O4S2. The summed E-state index contributed by atoms with van der Waals surface area (Å²) in [5, 5.41) is 20.4. The van der Waals surface area contributed by atoms with Gasteiger partial charge in [-0.15, -0.1) is 23.5 Å². The topological polar surface area (TPSA) is 58.9 Å². The minimum Gasteiger partial charge on any atom is -0.496 e. The number of hydrogen-bond acceptors (Lipinski definition) is 6. The molecule has 1 aromatic rings. The highest BCUT2D eigenvalue weighted by atomic mass is 32.2. The third-order valence-electron chi connectivity index (χ3n) is 4.17. The molecule has 0 unspecified atom stereocenters. The number of aliphatic hydroxyl groups is 2. The number of ether oxygens (including phenoxy) is 2. The fourth-order valence-electron chi connectivity index (χ4n) is 3.29. The molecule has 1 aliphatic carbocycles. The SMILES string of the molecule is COc1ccc(OC)c2c1C[C@@](O)(CO)CC21SCCS1. The monoisotopic (exact) mass is 328 g/mol. The van der Waals surface area contributed by atoms with Crippen molar-refractivity contribution >= 4 is 23.5 Å². The molecule has 0 radical (unpaired) electrons. The lowest BCUT2D eigenvalue weighted by Gasteiger charge is -2.43. The molecule has 116 valence electrons. The van der Waals surface area contributed by atoms with E-state index in [1.165, 1.54) is 0 Å². The number of fused-ring (bicyclic) bond motifs is 2. The van der Waals surface area contributed by atoms with Gasteiger partial charge in [-0.05, 0) is 12.1 Å². The zero-order valence-corrected chi connectivity index (χ0v) is 13.9. The molecule has 1 heterocycles. The summed E-state index contributed by atoms with van der Waals surface area (Å²) < 4.78 is 10.8. The van der Waals surface area contributed by atoms with Crippen LogP contribution in [0.5, 0.6) is 11.5 Å². The van der Waals surface area contributed by atoms with Gasteiger partial charge in [0, 0.05) is 35.5 Å². The van der Waals surface area contributed by atoms with Gasteiger partial charge >= 0.3 is 0 Å². The summed E-state index contributed by atoms with van der Waals surface area (Å²) in [5.74, 6) is 3.66. The third-order valence-corrected chi connectivity index (χ3v) is 7.58. The standard InChI is InChI=1S/C15H20O4S2/c1-18-11-3-4-12(19-2)13-10(11)7-14(17,9-16)8-15(13)20-5-6-21-15/h3-4,16-17H,5-9H2,1-2H3/t14-/m0/s1. The largest absolute Gasteiger partial charge is 0.496 e. The Hall–Kier alpha value is -0.560. The Morgan fingerprint density at radius 3 is 2.33 bits per heavy atom. The van der Waals surface area contributed by atoms with E-state index in [0.29, 0.717) is 12.8 Å². The normalized spacial score (nSPS) is 26.7. The highest BCUT2D eigenvalue weighted by Gasteiger charge is 2.52. The summed E-state index contributed by atoms with van der Waals surface area (Å²) in [6, 6.07) is 3.81. The average molecular weight is 328 g/mol. The number of benzene rings is 1. The molecule has 0 bridgehead atoms. The van der Waals surface area contributed by atoms with Crippen LogP contribution in [0.2, 0.25) is 0 Å². The predicted octanol–water partition coefficient (Wildman–Crippen LogP) is 2.01. The van der Waals surface area contributed by atoms with E-state index in [0.717, 1.165) is 34.1 Å². The second kappa shape index (κ2) is 5.57. The van der Waals surface area contributed by atoms with Crippen molar-refractivity contribution in [2.75, 3.05) is 32.3 Å². The Morgan fingerprint density at radius 1 is 1.14 bits per heavy atom. The fourth-order valence-corrected chi connectivity index (χ4v) is 6.92. The van der Waals surface area contributed by atoms with Gasteiger partial charge in [-0.2, -0.15) is 0 Å². The molecular weight excluding hydrogens is 308 g/mol. The molecule has 1 fully saturated rings. The van der Waals surface area contributed by atoms with Crippen molar-refractivity contribution < 1.29 is 19.7 Å². The van der Waals surface area contributed by atoms with E-state index >= 15 is 0 Å². The van der Waals surface area contributed by atoms with Crippen molar-refractivity contribution in [2.45, 2.75) is 22.5 Å². The smallest absolute Gasteiger partial charge is 0.124 e. The van der Waals surface area contributed by atoms with Gasteiger partial charge in [-0.1, -0.05) is 0 Å². The zero-order chi connectivity index (χ0) is 15.1. The second-order valence-corrected chi connectivity index (χ2v) is 8.56. The summed E-state index contributed by atoms with van der Waals surface area (Å²) in [7, 11) is 3.31. The first kappa shape index (κ1) is 15.3. The molecule has 4 nitrogen and oxygen atoms in total. The number of aliphatic hydroxyl groups excluding tert-OH is 1. The summed E-state index contributed by atoms with van der Waals surface area (Å²) in [6.07, 6.45) is 0.921. The summed E-state index contributed by atoms with van der Waals surface area (Å²) in [5.41, 5.74) is 0.980. The van der Waals surface area contributed by atoms with Crippen LogP contribution >= 0.6 is 23.5 Å². The third kappa shape index (κ3) is 2.42. The van der Waals surface area contributed by atoms with Crippen molar-refractivity contribution in [2.24, 2.45) is 0 Å². The molecule has 2 N–H and O–H groups in total. The molecule has 1 saturated heterocycles. The molecule has 0 aromatic heterocycles. The molecule has 2 aliphatic rings. The molecule has 1 spiro atoms. The van der Waals surface area contributed by atoms with Gasteiger partial charge in [0.1, 0.15) is 11.5 Å². The van der Waals surface area contributed by atoms with Crippen LogP contribution in [-0.2, 0) is 10.5 Å². The number of thioether (sulfide) groups is 2. The minimum atomic E-state index is -1.10. The Bertz CT molecular complexity index is 543. The van der Waals surface area contributed by atoms with Gasteiger partial charge < -0.3 is 19.7 Å². The number of hydrogen-bond donors (Lipinski definition) is 2.